The van der Waals surface area contributed by atoms with Crippen LogP contribution in [0.15, 0.2) is 24.3 Å². The molecule has 2 atom stereocenters. The van der Waals surface area contributed by atoms with Gasteiger partial charge >= 0.3 is 0 Å². The molecule has 3 fully saturated rings. The van der Waals surface area contributed by atoms with Gasteiger partial charge < -0.3 is 10.1 Å². The molecular weight excluding hydrogens is 348 g/mol. The molecule has 0 aromatic heterocycles. The number of hydrogen-bond donors (Lipinski definition) is 1. The Hall–Kier alpha value is -1.33. The number of nitrogens with one attached hydrogen (secondary N) is 1. The number of ketones is 1. The van der Waals surface area contributed by atoms with E-state index < -0.39 is 5.92 Å². The highest BCUT2D eigenvalue weighted by Gasteiger charge is 2.40. The predicted molar refractivity (Wildman–Crippen MR) is 100 cm³/mol. The summed E-state index contributed by atoms with van der Waals surface area (Å²) in [7, 11) is 0. The van der Waals surface area contributed by atoms with Crippen molar-refractivity contribution < 1.29 is 18.3 Å². The van der Waals surface area contributed by atoms with E-state index in [-0.39, 0.29) is 24.5 Å². The van der Waals surface area contributed by atoms with Gasteiger partial charge in [-0.1, -0.05) is 18.2 Å². The first kappa shape index (κ1) is 19.0. The summed E-state index contributed by atoms with van der Waals surface area (Å²) >= 11 is 0. The van der Waals surface area contributed by atoms with Crippen LogP contribution in [0.1, 0.15) is 73.2 Å². The molecule has 1 aromatic carbocycles. The van der Waals surface area contributed by atoms with Crippen LogP contribution in [0, 0.1) is 5.92 Å². The zero-order chi connectivity index (χ0) is 18.9. The van der Waals surface area contributed by atoms with Gasteiger partial charge in [0.25, 0.3) is 0 Å². The second-order valence-corrected chi connectivity index (χ2v) is 8.55. The molecule has 0 bridgehead atoms. The molecule has 1 saturated heterocycles. The smallest absolute Gasteiger partial charge is 0.248 e. The molecule has 148 valence electrons. The molecule has 1 heterocycles. The number of halogens is 2. The first-order valence-electron chi connectivity index (χ1n) is 10.3. The highest BCUT2D eigenvalue weighted by atomic mass is 19.3. The maximum atomic E-state index is 13.3. The van der Waals surface area contributed by atoms with Crippen molar-refractivity contribution >= 4 is 5.78 Å². The third-order valence-corrected chi connectivity index (χ3v) is 6.41. The molecule has 1 aliphatic heterocycles. The number of carbonyl (C=O) groups is 1. The summed E-state index contributed by atoms with van der Waals surface area (Å²) in [5.41, 5.74) is 1.96. The van der Waals surface area contributed by atoms with Crippen LogP contribution in [-0.2, 0) is 4.74 Å². The molecule has 3 aliphatic rings. The van der Waals surface area contributed by atoms with Gasteiger partial charge in [0.1, 0.15) is 0 Å². The number of rotatable bonds is 6. The van der Waals surface area contributed by atoms with Crippen LogP contribution in [0.3, 0.4) is 0 Å². The van der Waals surface area contributed by atoms with Crippen molar-refractivity contribution in [3.8, 4) is 0 Å². The highest BCUT2D eigenvalue weighted by Crippen LogP contribution is 2.42. The Morgan fingerprint density at radius 3 is 2.63 bits per heavy atom. The van der Waals surface area contributed by atoms with E-state index in [1.807, 2.05) is 18.2 Å². The van der Waals surface area contributed by atoms with Crippen molar-refractivity contribution in [1.29, 1.82) is 0 Å². The van der Waals surface area contributed by atoms with Crippen LogP contribution >= 0.6 is 0 Å². The summed E-state index contributed by atoms with van der Waals surface area (Å²) in [5.74, 6) is -1.85. The fourth-order valence-corrected chi connectivity index (χ4v) is 4.54. The average molecular weight is 377 g/mol. The van der Waals surface area contributed by atoms with Crippen LogP contribution in [0.2, 0.25) is 0 Å². The third kappa shape index (κ3) is 4.94. The van der Waals surface area contributed by atoms with Crippen LogP contribution in [0.25, 0.3) is 0 Å². The van der Waals surface area contributed by atoms with Crippen molar-refractivity contribution in [3.05, 3.63) is 35.4 Å². The minimum Gasteiger partial charge on any atom is -0.381 e. The number of hydrogen-bond acceptors (Lipinski definition) is 3. The molecule has 2 unspecified atom stereocenters. The highest BCUT2D eigenvalue weighted by molar-refractivity contribution is 5.96. The van der Waals surface area contributed by atoms with E-state index in [0.29, 0.717) is 37.3 Å². The summed E-state index contributed by atoms with van der Waals surface area (Å²) in [4.78, 5) is 12.7. The molecule has 1 N–H and O–H groups in total. The second kappa shape index (κ2) is 7.96. The number of carbonyl (C=O) groups excluding carboxylic acids is 1. The summed E-state index contributed by atoms with van der Waals surface area (Å²) < 4.78 is 32.0. The third-order valence-electron chi connectivity index (χ3n) is 6.41. The zero-order valence-corrected chi connectivity index (χ0v) is 15.8. The van der Waals surface area contributed by atoms with Crippen molar-refractivity contribution in [1.82, 2.24) is 5.32 Å². The van der Waals surface area contributed by atoms with E-state index in [1.165, 1.54) is 5.56 Å². The van der Waals surface area contributed by atoms with Gasteiger partial charge in [0.15, 0.2) is 5.78 Å². The van der Waals surface area contributed by atoms with Crippen LogP contribution in [-0.4, -0.2) is 37.0 Å². The van der Waals surface area contributed by atoms with E-state index in [2.05, 4.69) is 11.4 Å². The van der Waals surface area contributed by atoms with Gasteiger partial charge in [-0.3, -0.25) is 4.79 Å². The van der Waals surface area contributed by atoms with Gasteiger partial charge in [0, 0.05) is 56.0 Å². The molecule has 0 amide bonds. The monoisotopic (exact) mass is 377 g/mol. The molecule has 5 heteroatoms. The summed E-state index contributed by atoms with van der Waals surface area (Å²) in [6, 6.07) is 9.00. The molecule has 0 spiro atoms. The molecule has 1 aromatic rings. The topological polar surface area (TPSA) is 38.3 Å². The van der Waals surface area contributed by atoms with Crippen molar-refractivity contribution in [3.63, 3.8) is 0 Å². The zero-order valence-electron chi connectivity index (χ0n) is 15.8. The fourth-order valence-electron chi connectivity index (χ4n) is 4.54. The fraction of sp³-hybridized carbons (Fsp3) is 0.682. The number of Topliss-reactive ketones (excluding diaryl/α,β-unsaturated/α-hetero) is 1. The van der Waals surface area contributed by atoms with E-state index >= 15 is 0 Å². The Balaban J connectivity index is 1.31. The van der Waals surface area contributed by atoms with Gasteiger partial charge in [0.2, 0.25) is 5.92 Å². The Kier molecular flexibility index (Phi) is 5.60. The molecule has 2 aliphatic carbocycles. The summed E-state index contributed by atoms with van der Waals surface area (Å²) in [6.45, 7) is 1.68. The lowest BCUT2D eigenvalue weighted by molar-refractivity contribution is -0.0458. The van der Waals surface area contributed by atoms with Gasteiger partial charge in [-0.15, -0.1) is 0 Å². The summed E-state index contributed by atoms with van der Waals surface area (Å²) in [6.07, 6.45) is 4.42. The molecule has 3 nitrogen and oxygen atoms in total. The molecule has 4 rings (SSSR count). The van der Waals surface area contributed by atoms with E-state index in [0.717, 1.165) is 38.0 Å². The quantitative estimate of drug-likeness (QED) is 0.730. The van der Waals surface area contributed by atoms with Crippen LogP contribution in [0.4, 0.5) is 8.78 Å². The predicted octanol–water partition coefficient (Wildman–Crippen LogP) is 4.71. The largest absolute Gasteiger partial charge is 0.381 e. The van der Waals surface area contributed by atoms with Crippen molar-refractivity contribution in [2.24, 2.45) is 5.92 Å². The minimum atomic E-state index is -2.53. The molecule has 0 radical (unpaired) electrons. The average Bonchev–Trinajstić information content (AvgIpc) is 3.43. The lowest BCUT2D eigenvalue weighted by Gasteiger charge is -2.27. The van der Waals surface area contributed by atoms with Gasteiger partial charge in [0.05, 0.1) is 0 Å². The van der Waals surface area contributed by atoms with E-state index in [9.17, 15) is 13.6 Å². The van der Waals surface area contributed by atoms with Gasteiger partial charge in [-0.2, -0.15) is 0 Å². The van der Waals surface area contributed by atoms with Crippen molar-refractivity contribution in [2.45, 2.75) is 75.3 Å². The van der Waals surface area contributed by atoms with E-state index in [4.69, 9.17) is 4.74 Å². The second-order valence-electron chi connectivity index (χ2n) is 8.55. The molecular formula is C22H29F2NO2. The minimum absolute atomic E-state index is 0.0768. The number of ether oxygens (including phenoxy) is 1. The maximum Gasteiger partial charge on any atom is 0.248 e. The Bertz CT molecular complexity index is 662. The SMILES string of the molecule is O=C(CC1CCC(F)(F)CC1)c1cccc(C2CC2NC2CCOCC2)c1. The lowest BCUT2D eigenvalue weighted by atomic mass is 9.83. The molecule has 2 saturated carbocycles. The Morgan fingerprint density at radius 1 is 1.15 bits per heavy atom. The maximum absolute atomic E-state index is 13.3. The lowest BCUT2D eigenvalue weighted by Crippen LogP contribution is -2.36. The van der Waals surface area contributed by atoms with Crippen LogP contribution < -0.4 is 5.32 Å². The first-order valence-corrected chi connectivity index (χ1v) is 10.3. The normalized spacial score (nSPS) is 28.8. The van der Waals surface area contributed by atoms with Crippen molar-refractivity contribution in [2.75, 3.05) is 13.2 Å². The Labute approximate surface area is 159 Å². The van der Waals surface area contributed by atoms with Crippen LogP contribution in [0.5, 0.6) is 0 Å². The molecule has 27 heavy (non-hydrogen) atoms. The van der Waals surface area contributed by atoms with Gasteiger partial charge in [-0.05, 0) is 49.7 Å². The number of benzene rings is 1. The summed E-state index contributed by atoms with van der Waals surface area (Å²) in [5, 5.41) is 3.73. The first-order chi connectivity index (χ1) is 13.0. The standard InChI is InChI=1S/C22H29F2NO2/c23-22(24)8-4-15(5-9-22)12-21(26)17-3-1-2-16(13-17)19-14-20(19)25-18-6-10-27-11-7-18/h1-3,13,15,18-20,25H,4-12,14H2. The Morgan fingerprint density at radius 2 is 1.89 bits per heavy atom. The van der Waals surface area contributed by atoms with Gasteiger partial charge in [-0.25, -0.2) is 8.78 Å². The van der Waals surface area contributed by atoms with E-state index in [1.54, 1.807) is 0 Å². The number of alkyl halides is 2.